The first-order chi connectivity index (χ1) is 11.1. The summed E-state index contributed by atoms with van der Waals surface area (Å²) in [5.41, 5.74) is 0.0260. The van der Waals surface area contributed by atoms with Gasteiger partial charge in [0.1, 0.15) is 6.10 Å². The SMILES string of the molecule is C=C1C(=O)O[C@@H](CCCCCCCCCCCCC)C1C(=O)[O-].[Li+]. The fourth-order valence-corrected chi connectivity index (χ4v) is 3.16. The van der Waals surface area contributed by atoms with Gasteiger partial charge in [-0.3, -0.25) is 0 Å². The summed E-state index contributed by atoms with van der Waals surface area (Å²) in [4.78, 5) is 22.5. The molecule has 0 bridgehead atoms. The zero-order valence-electron chi connectivity index (χ0n) is 15.5. The molecule has 0 aliphatic carbocycles. The summed E-state index contributed by atoms with van der Waals surface area (Å²) in [6.07, 6.45) is 13.6. The maximum atomic E-state index is 11.4. The van der Waals surface area contributed by atoms with Crippen molar-refractivity contribution in [2.45, 2.75) is 90.1 Å². The third-order valence-corrected chi connectivity index (χ3v) is 4.61. The topological polar surface area (TPSA) is 66.4 Å². The number of carboxylic acid groups (broad SMARTS) is 1. The molecule has 1 fully saturated rings. The third-order valence-electron chi connectivity index (χ3n) is 4.61. The quantitative estimate of drug-likeness (QED) is 0.214. The number of ether oxygens (including phenoxy) is 1. The molecule has 1 rings (SSSR count). The monoisotopic (exact) mass is 330 g/mol. The molecule has 5 heteroatoms. The summed E-state index contributed by atoms with van der Waals surface area (Å²) in [7, 11) is 0. The van der Waals surface area contributed by atoms with E-state index in [-0.39, 0.29) is 24.4 Å². The Hall–Kier alpha value is -0.723. The van der Waals surface area contributed by atoms with Crippen molar-refractivity contribution in [3.8, 4) is 0 Å². The number of aliphatic carboxylic acids is 1. The minimum absolute atomic E-state index is 0. The van der Waals surface area contributed by atoms with Crippen LogP contribution >= 0.6 is 0 Å². The van der Waals surface area contributed by atoms with E-state index >= 15 is 0 Å². The van der Waals surface area contributed by atoms with Gasteiger partial charge < -0.3 is 14.6 Å². The van der Waals surface area contributed by atoms with Crippen LogP contribution in [0.1, 0.15) is 84.0 Å². The number of hydrogen-bond donors (Lipinski definition) is 0. The Kier molecular flexibility index (Phi) is 13.1. The minimum Gasteiger partial charge on any atom is -0.549 e. The van der Waals surface area contributed by atoms with Crippen LogP contribution in [0.15, 0.2) is 12.2 Å². The predicted molar refractivity (Wildman–Crippen MR) is 88.6 cm³/mol. The molecule has 2 atom stereocenters. The number of carboxylic acids is 1. The fraction of sp³-hybridized carbons (Fsp3) is 0.789. The smallest absolute Gasteiger partial charge is 0.549 e. The van der Waals surface area contributed by atoms with Gasteiger partial charge in [-0.25, -0.2) is 4.79 Å². The van der Waals surface area contributed by atoms with Gasteiger partial charge in [0, 0.05) is 5.57 Å². The van der Waals surface area contributed by atoms with Crippen molar-refractivity contribution in [3.05, 3.63) is 12.2 Å². The second kappa shape index (κ2) is 13.6. The Morgan fingerprint density at radius 1 is 1.00 bits per heavy atom. The average Bonchev–Trinajstić information content (AvgIpc) is 2.79. The molecule has 1 aliphatic rings. The van der Waals surface area contributed by atoms with E-state index in [1.54, 1.807) is 0 Å². The van der Waals surface area contributed by atoms with Gasteiger partial charge in [0.25, 0.3) is 0 Å². The zero-order valence-corrected chi connectivity index (χ0v) is 15.5. The molecule has 0 spiro atoms. The van der Waals surface area contributed by atoms with E-state index in [9.17, 15) is 14.7 Å². The first-order valence-electron chi connectivity index (χ1n) is 9.18. The standard InChI is InChI=1S/C19H32O4.Li/c1-3-4-5-6-7-8-9-10-11-12-13-14-16-17(18(20)21)15(2)19(22)23-16;/h16-17H,2-14H2,1H3,(H,20,21);/q;+1/p-1/t16-,17?;/m0./s1. The summed E-state index contributed by atoms with van der Waals surface area (Å²) in [5, 5.41) is 11.1. The zero-order chi connectivity index (χ0) is 17.1. The van der Waals surface area contributed by atoms with E-state index in [2.05, 4.69) is 13.5 Å². The number of cyclic esters (lactones) is 1. The molecule has 0 saturated carbocycles. The maximum absolute atomic E-state index is 11.4. The number of unbranched alkanes of at least 4 members (excludes halogenated alkanes) is 10. The van der Waals surface area contributed by atoms with Crippen LogP contribution in [0.2, 0.25) is 0 Å². The predicted octanol–water partition coefficient (Wildman–Crippen LogP) is 0.539. The molecule has 0 N–H and O–H groups in total. The van der Waals surface area contributed by atoms with Crippen molar-refractivity contribution < 1.29 is 38.3 Å². The summed E-state index contributed by atoms with van der Waals surface area (Å²) < 4.78 is 5.08. The number of rotatable bonds is 13. The Balaban J connectivity index is 0.00000529. The average molecular weight is 330 g/mol. The second-order valence-electron chi connectivity index (χ2n) is 6.59. The van der Waals surface area contributed by atoms with Gasteiger partial charge in [-0.05, 0) is 12.8 Å². The summed E-state index contributed by atoms with van der Waals surface area (Å²) in [5.74, 6) is -2.81. The maximum Gasteiger partial charge on any atom is 1.00 e. The minimum atomic E-state index is -1.26. The van der Waals surface area contributed by atoms with Crippen molar-refractivity contribution in [3.63, 3.8) is 0 Å². The molecular weight excluding hydrogens is 299 g/mol. The van der Waals surface area contributed by atoms with E-state index in [0.717, 1.165) is 19.3 Å². The van der Waals surface area contributed by atoms with Gasteiger partial charge >= 0.3 is 24.8 Å². The normalized spacial score (nSPS) is 19.9. The number of carbonyl (C=O) groups is 2. The largest absolute Gasteiger partial charge is 1.00 e. The summed E-state index contributed by atoms with van der Waals surface area (Å²) in [6, 6.07) is 0. The molecule has 0 aromatic carbocycles. The molecule has 0 amide bonds. The molecule has 1 unspecified atom stereocenters. The first-order valence-corrected chi connectivity index (χ1v) is 9.18. The third kappa shape index (κ3) is 8.40. The van der Waals surface area contributed by atoms with Crippen molar-refractivity contribution in [1.82, 2.24) is 0 Å². The number of esters is 1. The van der Waals surface area contributed by atoms with Gasteiger partial charge in [0.15, 0.2) is 0 Å². The molecule has 1 heterocycles. The number of carbonyl (C=O) groups excluding carboxylic acids is 2. The molecule has 24 heavy (non-hydrogen) atoms. The van der Waals surface area contributed by atoms with Crippen LogP contribution < -0.4 is 24.0 Å². The molecule has 1 saturated heterocycles. The van der Waals surface area contributed by atoms with Crippen molar-refractivity contribution >= 4 is 11.9 Å². The van der Waals surface area contributed by atoms with Crippen LogP contribution in [0.5, 0.6) is 0 Å². The fourth-order valence-electron chi connectivity index (χ4n) is 3.16. The summed E-state index contributed by atoms with van der Waals surface area (Å²) in [6.45, 7) is 5.73. The van der Waals surface area contributed by atoms with Crippen LogP contribution in [0.4, 0.5) is 0 Å². The molecule has 0 aromatic rings. The molecule has 4 nitrogen and oxygen atoms in total. The molecule has 1 aliphatic heterocycles. The van der Waals surface area contributed by atoms with Crippen molar-refractivity contribution in [2.24, 2.45) is 5.92 Å². The van der Waals surface area contributed by atoms with E-state index in [1.807, 2.05) is 0 Å². The molecule has 132 valence electrons. The Morgan fingerprint density at radius 3 is 1.92 bits per heavy atom. The van der Waals surface area contributed by atoms with Gasteiger partial charge in [-0.2, -0.15) is 0 Å². The van der Waals surface area contributed by atoms with Crippen molar-refractivity contribution in [2.75, 3.05) is 0 Å². The molecule has 0 radical (unpaired) electrons. The van der Waals surface area contributed by atoms with Crippen molar-refractivity contribution in [1.29, 1.82) is 0 Å². The van der Waals surface area contributed by atoms with Gasteiger partial charge in [0.2, 0.25) is 0 Å². The van der Waals surface area contributed by atoms with Gasteiger partial charge in [-0.1, -0.05) is 77.7 Å². The van der Waals surface area contributed by atoms with Crippen LogP contribution in [0, 0.1) is 5.92 Å². The van der Waals surface area contributed by atoms with Crippen LogP contribution in [0.3, 0.4) is 0 Å². The number of hydrogen-bond acceptors (Lipinski definition) is 4. The van der Waals surface area contributed by atoms with Gasteiger partial charge in [0.05, 0.1) is 11.9 Å². The molecule has 0 aromatic heterocycles. The Morgan fingerprint density at radius 2 is 1.46 bits per heavy atom. The van der Waals surface area contributed by atoms with Crippen LogP contribution in [-0.4, -0.2) is 18.0 Å². The van der Waals surface area contributed by atoms with Gasteiger partial charge in [-0.15, -0.1) is 0 Å². The van der Waals surface area contributed by atoms with E-state index < -0.39 is 24.0 Å². The van der Waals surface area contributed by atoms with E-state index in [1.165, 1.54) is 51.4 Å². The Bertz CT molecular complexity index is 395. The molecular formula is C19H31LiO4. The van der Waals surface area contributed by atoms with E-state index in [4.69, 9.17) is 4.74 Å². The first kappa shape index (κ1) is 23.3. The van der Waals surface area contributed by atoms with E-state index in [0.29, 0.717) is 6.42 Å². The summed E-state index contributed by atoms with van der Waals surface area (Å²) >= 11 is 0. The second-order valence-corrected chi connectivity index (χ2v) is 6.59. The van der Waals surface area contributed by atoms with Crippen LogP contribution in [-0.2, 0) is 14.3 Å². The Labute approximate surface area is 158 Å². The van der Waals surface area contributed by atoms with Crippen LogP contribution in [0.25, 0.3) is 0 Å².